The molecule has 4 heteroatoms. The molecule has 0 aliphatic carbocycles. The maximum atomic E-state index is 4.30. The van der Waals surface area contributed by atoms with Crippen molar-refractivity contribution in [3.8, 4) is 0 Å². The summed E-state index contributed by atoms with van der Waals surface area (Å²) in [5.74, 6) is 0.895. The van der Waals surface area contributed by atoms with Gasteiger partial charge in [-0.05, 0) is 43.5 Å². The molecule has 0 spiro atoms. The molecule has 0 saturated carbocycles. The predicted molar refractivity (Wildman–Crippen MR) is 98.7 cm³/mol. The first-order valence-electron chi connectivity index (χ1n) is 9.07. The first-order chi connectivity index (χ1) is 11.3. The largest absolute Gasteiger partial charge is 0.356 e. The molecule has 1 aromatic carbocycles. The van der Waals surface area contributed by atoms with E-state index >= 15 is 0 Å². The number of unbranched alkanes of at least 4 members (excludes halogenated alkanes) is 1. The lowest BCUT2D eigenvalue weighted by Gasteiger charge is -2.27. The Morgan fingerprint density at radius 2 is 1.83 bits per heavy atom. The number of rotatable bonds is 7. The zero-order valence-electron chi connectivity index (χ0n) is 14.8. The van der Waals surface area contributed by atoms with E-state index in [1.807, 2.05) is 7.05 Å². The summed E-state index contributed by atoms with van der Waals surface area (Å²) < 4.78 is 0. The van der Waals surface area contributed by atoms with E-state index in [4.69, 9.17) is 0 Å². The Morgan fingerprint density at radius 3 is 2.52 bits per heavy atom. The van der Waals surface area contributed by atoms with Crippen LogP contribution in [0.4, 0.5) is 0 Å². The van der Waals surface area contributed by atoms with E-state index in [1.54, 1.807) is 0 Å². The topological polar surface area (TPSA) is 39.7 Å². The molecule has 128 valence electrons. The third-order valence-corrected chi connectivity index (χ3v) is 4.45. The van der Waals surface area contributed by atoms with Gasteiger partial charge in [0.25, 0.3) is 0 Å². The number of aliphatic imine (C=N–C) groups is 1. The summed E-state index contributed by atoms with van der Waals surface area (Å²) in [5.41, 5.74) is 2.81. The second-order valence-corrected chi connectivity index (χ2v) is 6.31. The van der Waals surface area contributed by atoms with Crippen molar-refractivity contribution in [2.45, 2.75) is 52.1 Å². The lowest BCUT2D eigenvalue weighted by molar-refractivity contribution is 0.220. The van der Waals surface area contributed by atoms with Crippen molar-refractivity contribution in [2.75, 3.05) is 26.7 Å². The molecule has 4 nitrogen and oxygen atoms in total. The first-order valence-corrected chi connectivity index (χ1v) is 9.07. The minimum absolute atomic E-state index is 0.829. The Kier molecular flexibility index (Phi) is 7.95. The van der Waals surface area contributed by atoms with Gasteiger partial charge in [-0.3, -0.25) is 9.89 Å². The van der Waals surface area contributed by atoms with E-state index in [0.29, 0.717) is 0 Å². The van der Waals surface area contributed by atoms with Crippen LogP contribution in [0.2, 0.25) is 0 Å². The highest BCUT2D eigenvalue weighted by molar-refractivity contribution is 5.79. The average Bonchev–Trinajstić information content (AvgIpc) is 2.60. The molecule has 0 atom stereocenters. The zero-order chi connectivity index (χ0) is 16.3. The van der Waals surface area contributed by atoms with Gasteiger partial charge in [0.1, 0.15) is 0 Å². The van der Waals surface area contributed by atoms with Crippen molar-refractivity contribution in [2.24, 2.45) is 4.99 Å². The van der Waals surface area contributed by atoms with E-state index in [-0.39, 0.29) is 0 Å². The second-order valence-electron chi connectivity index (χ2n) is 6.31. The van der Waals surface area contributed by atoms with Crippen LogP contribution in [0.25, 0.3) is 0 Å². The lowest BCUT2D eigenvalue weighted by Crippen LogP contribution is -2.37. The SMILES string of the molecule is CCCCNC(=NC)NCc1ccccc1CN1CCCCC1. The summed E-state index contributed by atoms with van der Waals surface area (Å²) in [6.07, 6.45) is 6.44. The minimum atomic E-state index is 0.829. The monoisotopic (exact) mass is 316 g/mol. The molecule has 1 aliphatic rings. The van der Waals surface area contributed by atoms with Crippen LogP contribution in [-0.2, 0) is 13.1 Å². The molecule has 0 aromatic heterocycles. The summed E-state index contributed by atoms with van der Waals surface area (Å²) in [7, 11) is 1.83. The van der Waals surface area contributed by atoms with Gasteiger partial charge in [-0.25, -0.2) is 0 Å². The Balaban J connectivity index is 1.88. The van der Waals surface area contributed by atoms with Crippen LogP contribution in [0.5, 0.6) is 0 Å². The van der Waals surface area contributed by atoms with Gasteiger partial charge in [0.05, 0.1) is 0 Å². The molecule has 0 unspecified atom stereocenters. The second kappa shape index (κ2) is 10.3. The molecule has 0 amide bonds. The zero-order valence-corrected chi connectivity index (χ0v) is 14.8. The molecular weight excluding hydrogens is 284 g/mol. The molecule has 1 aliphatic heterocycles. The van der Waals surface area contributed by atoms with E-state index in [2.05, 4.69) is 51.7 Å². The smallest absolute Gasteiger partial charge is 0.191 e. The third-order valence-electron chi connectivity index (χ3n) is 4.45. The molecule has 1 heterocycles. The van der Waals surface area contributed by atoms with Gasteiger partial charge in [-0.2, -0.15) is 0 Å². The molecular formula is C19H32N4. The van der Waals surface area contributed by atoms with Gasteiger partial charge < -0.3 is 10.6 Å². The molecule has 1 fully saturated rings. The van der Waals surface area contributed by atoms with Crippen molar-refractivity contribution in [3.05, 3.63) is 35.4 Å². The van der Waals surface area contributed by atoms with Crippen molar-refractivity contribution in [1.29, 1.82) is 0 Å². The highest BCUT2D eigenvalue weighted by Crippen LogP contribution is 2.16. The fourth-order valence-corrected chi connectivity index (χ4v) is 3.03. The standard InChI is InChI=1S/C19H32N4/c1-3-4-12-21-19(20-2)22-15-17-10-6-7-11-18(17)16-23-13-8-5-9-14-23/h6-7,10-11H,3-5,8-9,12-16H2,1-2H3,(H2,20,21,22). The Morgan fingerprint density at radius 1 is 1.09 bits per heavy atom. The Hall–Kier alpha value is -1.55. The Labute approximate surface area is 141 Å². The van der Waals surface area contributed by atoms with Gasteiger partial charge in [-0.15, -0.1) is 0 Å². The quantitative estimate of drug-likeness (QED) is 0.461. The molecule has 0 radical (unpaired) electrons. The van der Waals surface area contributed by atoms with E-state index in [1.165, 1.54) is 56.3 Å². The summed E-state index contributed by atoms with van der Waals surface area (Å²) >= 11 is 0. The fraction of sp³-hybridized carbons (Fsp3) is 0.632. The number of benzene rings is 1. The highest BCUT2D eigenvalue weighted by Gasteiger charge is 2.12. The van der Waals surface area contributed by atoms with Crippen LogP contribution in [0.3, 0.4) is 0 Å². The summed E-state index contributed by atoms with van der Waals surface area (Å²) in [4.78, 5) is 6.88. The number of hydrogen-bond donors (Lipinski definition) is 2. The van der Waals surface area contributed by atoms with Gasteiger partial charge >= 0.3 is 0 Å². The molecule has 1 aromatic rings. The van der Waals surface area contributed by atoms with Crippen LogP contribution in [0.15, 0.2) is 29.3 Å². The van der Waals surface area contributed by atoms with Crippen LogP contribution in [-0.4, -0.2) is 37.5 Å². The molecule has 2 rings (SSSR count). The lowest BCUT2D eigenvalue weighted by atomic mass is 10.0. The molecule has 2 N–H and O–H groups in total. The number of hydrogen-bond acceptors (Lipinski definition) is 2. The molecule has 23 heavy (non-hydrogen) atoms. The maximum Gasteiger partial charge on any atom is 0.191 e. The number of nitrogens with zero attached hydrogens (tertiary/aromatic N) is 2. The number of likely N-dealkylation sites (tertiary alicyclic amines) is 1. The van der Waals surface area contributed by atoms with Crippen LogP contribution >= 0.6 is 0 Å². The number of guanidine groups is 1. The van der Waals surface area contributed by atoms with Crippen molar-refractivity contribution < 1.29 is 0 Å². The minimum Gasteiger partial charge on any atom is -0.356 e. The van der Waals surface area contributed by atoms with Crippen LogP contribution in [0, 0.1) is 0 Å². The van der Waals surface area contributed by atoms with Gasteiger partial charge in [0.2, 0.25) is 0 Å². The summed E-state index contributed by atoms with van der Waals surface area (Å²) in [5, 5.41) is 6.81. The van der Waals surface area contributed by atoms with Crippen LogP contribution in [0.1, 0.15) is 50.2 Å². The van der Waals surface area contributed by atoms with Gasteiger partial charge in [0.15, 0.2) is 5.96 Å². The molecule has 1 saturated heterocycles. The number of nitrogens with one attached hydrogen (secondary N) is 2. The maximum absolute atomic E-state index is 4.30. The summed E-state index contributed by atoms with van der Waals surface area (Å²) in [6.45, 7) is 7.56. The van der Waals surface area contributed by atoms with Crippen molar-refractivity contribution >= 4 is 5.96 Å². The third kappa shape index (κ3) is 6.22. The first kappa shape index (κ1) is 17.8. The number of piperidine rings is 1. The van der Waals surface area contributed by atoms with Crippen LogP contribution < -0.4 is 10.6 Å². The average molecular weight is 316 g/mol. The van der Waals surface area contributed by atoms with Crippen molar-refractivity contribution in [3.63, 3.8) is 0 Å². The normalized spacial score (nSPS) is 16.3. The van der Waals surface area contributed by atoms with Gasteiger partial charge in [0, 0.05) is 26.7 Å². The van der Waals surface area contributed by atoms with E-state index in [0.717, 1.165) is 25.6 Å². The fourth-order valence-electron chi connectivity index (χ4n) is 3.03. The van der Waals surface area contributed by atoms with Crippen molar-refractivity contribution in [1.82, 2.24) is 15.5 Å². The summed E-state index contributed by atoms with van der Waals surface area (Å²) in [6, 6.07) is 8.77. The van der Waals surface area contributed by atoms with E-state index in [9.17, 15) is 0 Å². The molecule has 0 bridgehead atoms. The Bertz CT molecular complexity index is 478. The van der Waals surface area contributed by atoms with E-state index < -0.39 is 0 Å². The highest BCUT2D eigenvalue weighted by atomic mass is 15.2. The predicted octanol–water partition coefficient (Wildman–Crippen LogP) is 3.14. The van der Waals surface area contributed by atoms with Gasteiger partial charge in [-0.1, -0.05) is 44.0 Å².